The number of carbonyl (C=O) groups is 1. The van der Waals surface area contributed by atoms with E-state index in [0.717, 1.165) is 17.0 Å². The lowest BCUT2D eigenvalue weighted by Crippen LogP contribution is -2.19. The number of amides is 1. The molecule has 0 saturated heterocycles. The fourth-order valence-corrected chi connectivity index (χ4v) is 1.52. The lowest BCUT2D eigenvalue weighted by Gasteiger charge is -2.11. The van der Waals surface area contributed by atoms with E-state index < -0.39 is 0 Å². The lowest BCUT2D eigenvalue weighted by atomic mass is 10.2. The number of hydrazone groups is 1. The van der Waals surface area contributed by atoms with Gasteiger partial charge in [0, 0.05) is 5.71 Å². The fraction of sp³-hybridized carbons (Fsp3) is 0.385. The molecule has 0 spiro atoms. The van der Waals surface area contributed by atoms with Crippen LogP contribution in [0.4, 0.5) is 5.69 Å². The Balaban J connectivity index is 0.000000606. The van der Waals surface area contributed by atoms with Crippen molar-refractivity contribution in [3.8, 4) is 0 Å². The maximum absolute atomic E-state index is 11.5. The van der Waals surface area contributed by atoms with Crippen molar-refractivity contribution in [2.45, 2.75) is 34.1 Å². The highest BCUT2D eigenvalue weighted by Crippen LogP contribution is 2.20. The van der Waals surface area contributed by atoms with Crippen molar-refractivity contribution < 1.29 is 4.79 Å². The summed E-state index contributed by atoms with van der Waals surface area (Å²) in [6.45, 7) is 7.87. The molecule has 2 rings (SSSR count). The highest BCUT2D eigenvalue weighted by molar-refractivity contribution is 6.12. The number of hydrogen-bond acceptors (Lipinski definition) is 2. The molecule has 1 aliphatic heterocycles. The van der Waals surface area contributed by atoms with Crippen molar-refractivity contribution >= 4 is 17.3 Å². The molecule has 0 unspecified atom stereocenters. The first-order valence-corrected chi connectivity index (χ1v) is 5.60. The van der Waals surface area contributed by atoms with Gasteiger partial charge in [-0.1, -0.05) is 26.0 Å². The SMILES string of the molecule is CC.CC1=NN(c2cccc(C)c2)C(=O)C1. The van der Waals surface area contributed by atoms with Gasteiger partial charge in [0.05, 0.1) is 12.1 Å². The van der Waals surface area contributed by atoms with Gasteiger partial charge in [0.15, 0.2) is 0 Å². The van der Waals surface area contributed by atoms with Gasteiger partial charge in [-0.3, -0.25) is 4.79 Å². The summed E-state index contributed by atoms with van der Waals surface area (Å²) in [5, 5.41) is 5.66. The molecule has 0 saturated carbocycles. The zero-order valence-electron chi connectivity index (χ0n) is 10.3. The van der Waals surface area contributed by atoms with Crippen molar-refractivity contribution in [3.05, 3.63) is 29.8 Å². The molecule has 0 fully saturated rings. The number of anilines is 1. The zero-order valence-corrected chi connectivity index (χ0v) is 10.3. The number of nitrogens with zero attached hydrogens (tertiary/aromatic N) is 2. The molecule has 1 aromatic rings. The van der Waals surface area contributed by atoms with Gasteiger partial charge in [0.1, 0.15) is 0 Å². The van der Waals surface area contributed by atoms with Gasteiger partial charge in [-0.25, -0.2) is 5.01 Å². The summed E-state index contributed by atoms with van der Waals surface area (Å²) in [6, 6.07) is 7.79. The van der Waals surface area contributed by atoms with Gasteiger partial charge in [-0.05, 0) is 31.5 Å². The molecule has 1 aromatic carbocycles. The van der Waals surface area contributed by atoms with Crippen LogP contribution in [-0.4, -0.2) is 11.6 Å². The van der Waals surface area contributed by atoms with E-state index in [2.05, 4.69) is 5.10 Å². The molecule has 0 aromatic heterocycles. The molecule has 1 heterocycles. The monoisotopic (exact) mass is 218 g/mol. The molecule has 1 amide bonds. The van der Waals surface area contributed by atoms with Crippen molar-refractivity contribution in [2.24, 2.45) is 5.10 Å². The zero-order chi connectivity index (χ0) is 12.1. The third-order valence-corrected chi connectivity index (χ3v) is 2.16. The van der Waals surface area contributed by atoms with Crippen LogP contribution in [0.5, 0.6) is 0 Å². The smallest absolute Gasteiger partial charge is 0.253 e. The van der Waals surface area contributed by atoms with Crippen LogP contribution in [0.15, 0.2) is 29.4 Å². The summed E-state index contributed by atoms with van der Waals surface area (Å²) in [5.41, 5.74) is 2.86. The van der Waals surface area contributed by atoms with Crippen LogP contribution in [0.2, 0.25) is 0 Å². The summed E-state index contributed by atoms with van der Waals surface area (Å²) < 4.78 is 0. The minimum atomic E-state index is 0.0492. The Bertz CT molecular complexity index is 410. The first-order valence-electron chi connectivity index (χ1n) is 5.60. The summed E-state index contributed by atoms with van der Waals surface area (Å²) in [7, 11) is 0. The van der Waals surface area contributed by atoms with Crippen LogP contribution in [0.3, 0.4) is 0 Å². The fourth-order valence-electron chi connectivity index (χ4n) is 1.52. The molecule has 1 aliphatic rings. The van der Waals surface area contributed by atoms with Crippen molar-refractivity contribution in [2.75, 3.05) is 5.01 Å². The summed E-state index contributed by atoms with van der Waals surface area (Å²) in [4.78, 5) is 11.5. The number of benzene rings is 1. The number of aryl methyl sites for hydroxylation is 1. The molecule has 3 heteroatoms. The Morgan fingerprint density at radius 1 is 1.25 bits per heavy atom. The maximum Gasteiger partial charge on any atom is 0.253 e. The Morgan fingerprint density at radius 2 is 1.94 bits per heavy atom. The summed E-state index contributed by atoms with van der Waals surface area (Å²) >= 11 is 0. The summed E-state index contributed by atoms with van der Waals surface area (Å²) in [5.74, 6) is 0.0492. The first-order chi connectivity index (χ1) is 7.66. The molecule has 0 bridgehead atoms. The van der Waals surface area contributed by atoms with Crippen molar-refractivity contribution in [1.82, 2.24) is 0 Å². The molecule has 16 heavy (non-hydrogen) atoms. The van der Waals surface area contributed by atoms with Gasteiger partial charge < -0.3 is 0 Å². The van der Waals surface area contributed by atoms with E-state index in [-0.39, 0.29) is 5.91 Å². The van der Waals surface area contributed by atoms with Crippen molar-refractivity contribution in [1.29, 1.82) is 0 Å². The Hall–Kier alpha value is -1.64. The van der Waals surface area contributed by atoms with E-state index in [1.165, 1.54) is 5.01 Å². The van der Waals surface area contributed by atoms with Crippen LogP contribution in [0, 0.1) is 6.92 Å². The first kappa shape index (κ1) is 12.4. The van der Waals surface area contributed by atoms with Gasteiger partial charge in [0.2, 0.25) is 0 Å². The maximum atomic E-state index is 11.5. The quantitative estimate of drug-likeness (QED) is 0.712. The second-order valence-electron chi connectivity index (χ2n) is 3.56. The van der Waals surface area contributed by atoms with Crippen LogP contribution >= 0.6 is 0 Å². The Kier molecular flexibility index (Phi) is 4.23. The normalized spacial score (nSPS) is 14.4. The van der Waals surface area contributed by atoms with E-state index in [9.17, 15) is 4.79 Å². The third-order valence-electron chi connectivity index (χ3n) is 2.16. The largest absolute Gasteiger partial charge is 0.272 e. The molecular weight excluding hydrogens is 200 g/mol. The highest BCUT2D eigenvalue weighted by Gasteiger charge is 2.22. The van der Waals surface area contributed by atoms with E-state index in [0.29, 0.717) is 6.42 Å². The number of carbonyl (C=O) groups excluding carboxylic acids is 1. The van der Waals surface area contributed by atoms with E-state index in [4.69, 9.17) is 0 Å². The standard InChI is InChI=1S/C11H12N2O.C2H6/c1-8-4-3-5-10(6-8)13-11(14)7-9(2)12-13;1-2/h3-6H,7H2,1-2H3;1-2H3. The van der Waals surface area contributed by atoms with E-state index in [1.807, 2.05) is 52.0 Å². The third kappa shape index (κ3) is 2.69. The molecule has 0 aliphatic carbocycles. The van der Waals surface area contributed by atoms with Crippen LogP contribution in [-0.2, 0) is 4.79 Å². The minimum absolute atomic E-state index is 0.0492. The van der Waals surface area contributed by atoms with Gasteiger partial charge in [-0.2, -0.15) is 5.10 Å². The topological polar surface area (TPSA) is 32.7 Å². The second kappa shape index (κ2) is 5.45. The Morgan fingerprint density at radius 3 is 2.44 bits per heavy atom. The molecule has 0 atom stereocenters. The molecule has 0 radical (unpaired) electrons. The lowest BCUT2D eigenvalue weighted by molar-refractivity contribution is -0.116. The van der Waals surface area contributed by atoms with Gasteiger partial charge in [-0.15, -0.1) is 0 Å². The highest BCUT2D eigenvalue weighted by atomic mass is 16.2. The van der Waals surface area contributed by atoms with Crippen LogP contribution in [0.1, 0.15) is 32.8 Å². The average molecular weight is 218 g/mol. The van der Waals surface area contributed by atoms with Crippen molar-refractivity contribution in [3.63, 3.8) is 0 Å². The molecule has 3 nitrogen and oxygen atoms in total. The number of rotatable bonds is 1. The average Bonchev–Trinajstić information content (AvgIpc) is 2.61. The Labute approximate surface area is 96.8 Å². The predicted molar refractivity (Wildman–Crippen MR) is 67.7 cm³/mol. The number of hydrogen-bond donors (Lipinski definition) is 0. The van der Waals surface area contributed by atoms with Gasteiger partial charge in [0.25, 0.3) is 5.91 Å². The van der Waals surface area contributed by atoms with E-state index >= 15 is 0 Å². The molecule has 86 valence electrons. The van der Waals surface area contributed by atoms with E-state index in [1.54, 1.807) is 0 Å². The molecular formula is C13H18N2O. The van der Waals surface area contributed by atoms with Gasteiger partial charge >= 0.3 is 0 Å². The van der Waals surface area contributed by atoms with Crippen LogP contribution < -0.4 is 5.01 Å². The minimum Gasteiger partial charge on any atom is -0.272 e. The van der Waals surface area contributed by atoms with Crippen LogP contribution in [0.25, 0.3) is 0 Å². The summed E-state index contributed by atoms with van der Waals surface area (Å²) in [6.07, 6.45) is 0.438. The second-order valence-corrected chi connectivity index (χ2v) is 3.56. The molecule has 0 N–H and O–H groups in total. The predicted octanol–water partition coefficient (Wildman–Crippen LogP) is 3.13.